The Morgan fingerprint density at radius 3 is 2.32 bits per heavy atom. The number of nitrogens with zero attached hydrogens (tertiary/aromatic N) is 2. The van der Waals surface area contributed by atoms with Gasteiger partial charge in [0.2, 0.25) is 5.91 Å². The Morgan fingerprint density at radius 1 is 0.936 bits per heavy atom. The van der Waals surface area contributed by atoms with Crippen LogP contribution in [0.3, 0.4) is 0 Å². The molecule has 3 aliphatic rings. The largest absolute Gasteiger partial charge is 0.496 e. The Labute approximate surface area is 284 Å². The van der Waals surface area contributed by atoms with E-state index < -0.39 is 5.60 Å². The number of methoxy groups -OCH3 is 1. The maximum Gasteiger partial charge on any atom is 0.407 e. The highest BCUT2D eigenvalue weighted by atomic mass is 32.1. The molecule has 2 aromatic carbocycles. The van der Waals surface area contributed by atoms with Crippen LogP contribution in [0.4, 0.5) is 10.5 Å². The Morgan fingerprint density at radius 2 is 1.66 bits per heavy atom. The van der Waals surface area contributed by atoms with Crippen molar-refractivity contribution < 1.29 is 19.1 Å². The molecule has 47 heavy (non-hydrogen) atoms. The number of aryl methyl sites for hydroxylation is 1. The number of benzene rings is 2. The summed E-state index contributed by atoms with van der Waals surface area (Å²) < 4.78 is 11.0. The summed E-state index contributed by atoms with van der Waals surface area (Å²) in [6, 6.07) is 15.2. The Balaban J connectivity index is 1.15. The molecule has 6 rings (SSSR count). The second kappa shape index (κ2) is 14.4. The van der Waals surface area contributed by atoms with E-state index in [4.69, 9.17) is 14.5 Å². The maximum atomic E-state index is 14.4. The standard InChI is InChI=1S/C39H51N3O4S/c1-25-21-30(17-20-34(25)45-5)27-11-9-26(10-12-27)24-42(33-8-6-7-31(22-33)35-23-40-36(47-35)28-13-14-28)37(43)29-15-18-32(19-16-29)41-38(44)46-39(2,3)4/h6-8,17,20-23,26-29,32H,9-16,18-19,24H2,1-5H3,(H,41,44). The number of ether oxygens (including phenoxy) is 2. The van der Waals surface area contributed by atoms with Crippen molar-refractivity contribution in [2.75, 3.05) is 18.6 Å². The number of aromatic nitrogens is 1. The van der Waals surface area contributed by atoms with Gasteiger partial charge in [0.1, 0.15) is 11.4 Å². The molecule has 0 saturated heterocycles. The zero-order valence-electron chi connectivity index (χ0n) is 28.7. The molecule has 1 N–H and O–H groups in total. The molecule has 0 spiro atoms. The summed E-state index contributed by atoms with van der Waals surface area (Å²) in [6.07, 6.45) is 11.7. The minimum Gasteiger partial charge on any atom is -0.496 e. The lowest BCUT2D eigenvalue weighted by Crippen LogP contribution is -2.45. The lowest BCUT2D eigenvalue weighted by molar-refractivity contribution is -0.123. The van der Waals surface area contributed by atoms with Crippen molar-refractivity contribution in [2.24, 2.45) is 11.8 Å². The molecule has 7 nitrogen and oxygen atoms in total. The molecule has 3 aromatic rings. The Hall–Kier alpha value is -3.39. The molecule has 3 aliphatic carbocycles. The molecule has 0 aliphatic heterocycles. The molecule has 1 heterocycles. The molecule has 0 unspecified atom stereocenters. The number of amides is 2. The van der Waals surface area contributed by atoms with Gasteiger partial charge in [-0.05, 0) is 139 Å². The predicted molar refractivity (Wildman–Crippen MR) is 189 cm³/mol. The van der Waals surface area contributed by atoms with Gasteiger partial charge in [0.25, 0.3) is 0 Å². The van der Waals surface area contributed by atoms with Gasteiger partial charge in [0, 0.05) is 36.3 Å². The van der Waals surface area contributed by atoms with E-state index in [1.165, 1.54) is 33.9 Å². The zero-order valence-corrected chi connectivity index (χ0v) is 29.5. The Kier molecular flexibility index (Phi) is 10.3. The van der Waals surface area contributed by atoms with Gasteiger partial charge in [-0.1, -0.05) is 24.3 Å². The monoisotopic (exact) mass is 657 g/mol. The van der Waals surface area contributed by atoms with Crippen LogP contribution in [0.25, 0.3) is 10.4 Å². The number of rotatable bonds is 9. The minimum absolute atomic E-state index is 0.0366. The van der Waals surface area contributed by atoms with Crippen LogP contribution >= 0.6 is 11.3 Å². The van der Waals surface area contributed by atoms with Gasteiger partial charge in [0.15, 0.2) is 0 Å². The summed E-state index contributed by atoms with van der Waals surface area (Å²) in [5.74, 6) is 2.73. The van der Waals surface area contributed by atoms with Gasteiger partial charge in [-0.15, -0.1) is 11.3 Å². The van der Waals surface area contributed by atoms with Crippen LogP contribution < -0.4 is 15.0 Å². The molecule has 8 heteroatoms. The third-order valence-electron chi connectivity index (χ3n) is 10.1. The third-order valence-corrected chi connectivity index (χ3v) is 11.3. The molecular formula is C39H51N3O4S. The molecule has 252 valence electrons. The molecule has 0 bridgehead atoms. The summed E-state index contributed by atoms with van der Waals surface area (Å²) in [5.41, 5.74) is 4.17. The first-order valence-corrected chi connectivity index (χ1v) is 18.4. The first kappa shape index (κ1) is 33.5. The number of carbonyl (C=O) groups is 2. The van der Waals surface area contributed by atoms with Crippen LogP contribution in [0, 0.1) is 18.8 Å². The van der Waals surface area contributed by atoms with E-state index in [9.17, 15) is 9.59 Å². The minimum atomic E-state index is -0.530. The topological polar surface area (TPSA) is 80.8 Å². The second-order valence-corrected chi connectivity index (χ2v) is 16.0. The van der Waals surface area contributed by atoms with Crippen molar-refractivity contribution in [3.05, 3.63) is 64.8 Å². The highest BCUT2D eigenvalue weighted by Crippen LogP contribution is 2.44. The SMILES string of the molecule is COc1ccc(C2CCC(CN(C(=O)C3CCC(NC(=O)OC(C)(C)C)CC3)c3cccc(-c4cnc(C5CC5)s4)c3)CC2)cc1C. The average Bonchev–Trinajstić information content (AvgIpc) is 3.79. The summed E-state index contributed by atoms with van der Waals surface area (Å²) in [6.45, 7) is 8.48. The lowest BCUT2D eigenvalue weighted by Gasteiger charge is -2.36. The summed E-state index contributed by atoms with van der Waals surface area (Å²) in [5, 5.41) is 4.27. The van der Waals surface area contributed by atoms with Crippen molar-refractivity contribution >= 4 is 29.0 Å². The summed E-state index contributed by atoms with van der Waals surface area (Å²) in [7, 11) is 1.73. The second-order valence-electron chi connectivity index (χ2n) is 15.0. The normalized spacial score (nSPS) is 23.2. The van der Waals surface area contributed by atoms with E-state index in [0.29, 0.717) is 17.8 Å². The first-order chi connectivity index (χ1) is 22.6. The number of alkyl carbamates (subject to hydrolysis) is 1. The van der Waals surface area contributed by atoms with E-state index in [2.05, 4.69) is 59.6 Å². The van der Waals surface area contributed by atoms with Crippen molar-refractivity contribution in [3.63, 3.8) is 0 Å². The molecule has 1 aromatic heterocycles. The number of anilines is 1. The first-order valence-electron chi connectivity index (χ1n) is 17.6. The fourth-order valence-electron chi connectivity index (χ4n) is 7.36. The van der Waals surface area contributed by atoms with E-state index in [0.717, 1.165) is 74.9 Å². The van der Waals surface area contributed by atoms with E-state index in [1.807, 2.05) is 27.0 Å². The van der Waals surface area contributed by atoms with E-state index in [-0.39, 0.29) is 24.0 Å². The Bertz CT molecular complexity index is 1540. The number of thiazole rings is 1. The molecule has 0 radical (unpaired) electrons. The predicted octanol–water partition coefficient (Wildman–Crippen LogP) is 9.40. The van der Waals surface area contributed by atoms with Crippen LogP contribution in [-0.2, 0) is 9.53 Å². The van der Waals surface area contributed by atoms with Crippen molar-refractivity contribution in [2.45, 2.75) is 115 Å². The van der Waals surface area contributed by atoms with Crippen LogP contribution in [-0.4, -0.2) is 42.3 Å². The maximum absolute atomic E-state index is 14.4. The van der Waals surface area contributed by atoms with Crippen LogP contribution in [0.5, 0.6) is 5.75 Å². The fraction of sp³-hybridized carbons (Fsp3) is 0.564. The fourth-order valence-corrected chi connectivity index (χ4v) is 8.44. The van der Waals surface area contributed by atoms with E-state index >= 15 is 0 Å². The van der Waals surface area contributed by atoms with Crippen LogP contribution in [0.1, 0.15) is 113 Å². The van der Waals surface area contributed by atoms with Gasteiger partial charge < -0.3 is 19.7 Å². The van der Waals surface area contributed by atoms with Gasteiger partial charge in [0.05, 0.1) is 17.0 Å². The number of hydrogen-bond donors (Lipinski definition) is 1. The quantitative estimate of drug-likeness (QED) is 0.248. The third kappa shape index (κ3) is 8.56. The van der Waals surface area contributed by atoms with E-state index in [1.54, 1.807) is 18.4 Å². The number of nitrogens with one attached hydrogen (secondary N) is 1. The lowest BCUT2D eigenvalue weighted by atomic mass is 9.78. The molecule has 0 atom stereocenters. The number of hydrogen-bond acceptors (Lipinski definition) is 6. The van der Waals surface area contributed by atoms with Gasteiger partial charge in [-0.2, -0.15) is 0 Å². The zero-order chi connectivity index (χ0) is 33.1. The van der Waals surface area contributed by atoms with Crippen molar-refractivity contribution in [1.29, 1.82) is 0 Å². The van der Waals surface area contributed by atoms with Crippen molar-refractivity contribution in [3.8, 4) is 16.2 Å². The summed E-state index contributed by atoms with van der Waals surface area (Å²) in [4.78, 5) is 34.8. The van der Waals surface area contributed by atoms with Crippen LogP contribution in [0.2, 0.25) is 0 Å². The van der Waals surface area contributed by atoms with Crippen molar-refractivity contribution in [1.82, 2.24) is 10.3 Å². The van der Waals surface area contributed by atoms with Crippen LogP contribution in [0.15, 0.2) is 48.7 Å². The highest BCUT2D eigenvalue weighted by Gasteiger charge is 2.34. The molecular weight excluding hydrogens is 607 g/mol. The smallest absolute Gasteiger partial charge is 0.407 e. The molecule has 2 amide bonds. The highest BCUT2D eigenvalue weighted by molar-refractivity contribution is 7.15. The number of carbonyl (C=O) groups excluding carboxylic acids is 2. The van der Waals surface area contributed by atoms with Gasteiger partial charge >= 0.3 is 6.09 Å². The molecule has 3 fully saturated rings. The summed E-state index contributed by atoms with van der Waals surface area (Å²) >= 11 is 1.79. The molecule has 3 saturated carbocycles. The van der Waals surface area contributed by atoms with Gasteiger partial charge in [-0.3, -0.25) is 4.79 Å². The average molecular weight is 658 g/mol. The van der Waals surface area contributed by atoms with Gasteiger partial charge in [-0.25, -0.2) is 9.78 Å².